The molecule has 2 heterocycles. The standard InChI is InChI=1S/C24H31N13O12/c25-33-29-6-13-16(39)17(40)15(32-36-28)23(46-13)49-22-14(7-38)47-24(19(22)42)48-21-12(31-35-27)5-11(30-34-26)20(18(21)41)45-8-9-2-1-3-10(4-9)37(43)44/h1-4,11-24,38-42H,5-8H2/t11-,12+,13+,14-,15-,16-,17-,18-,19-,20+,21-,22-,23-,24+/m1/s1. The van der Waals surface area contributed by atoms with Crippen LogP contribution < -0.4 is 0 Å². The fourth-order valence-corrected chi connectivity index (χ4v) is 5.77. The van der Waals surface area contributed by atoms with E-state index < -0.39 is 104 Å². The van der Waals surface area contributed by atoms with Crippen LogP contribution in [0.4, 0.5) is 5.69 Å². The van der Waals surface area contributed by atoms with Crippen LogP contribution in [0, 0.1) is 10.1 Å². The van der Waals surface area contributed by atoms with E-state index >= 15 is 0 Å². The molecular formula is C24H31N13O12. The molecule has 1 aromatic carbocycles. The molecule has 0 unspecified atom stereocenters. The normalized spacial score (nSPS) is 37.1. The monoisotopic (exact) mass is 693 g/mol. The molecular weight excluding hydrogens is 662 g/mol. The summed E-state index contributed by atoms with van der Waals surface area (Å²) in [6, 6.07) is 1.56. The van der Waals surface area contributed by atoms with Crippen molar-refractivity contribution in [3.8, 4) is 0 Å². The quantitative estimate of drug-likeness (QED) is 0.0596. The molecule has 49 heavy (non-hydrogen) atoms. The van der Waals surface area contributed by atoms with E-state index in [-0.39, 0.29) is 18.7 Å². The zero-order chi connectivity index (χ0) is 35.7. The summed E-state index contributed by atoms with van der Waals surface area (Å²) >= 11 is 0. The molecule has 0 radical (unpaired) electrons. The van der Waals surface area contributed by atoms with E-state index in [2.05, 4.69) is 40.1 Å². The van der Waals surface area contributed by atoms with Crippen LogP contribution in [0.2, 0.25) is 0 Å². The second-order valence-corrected chi connectivity index (χ2v) is 11.0. The van der Waals surface area contributed by atoms with Crippen molar-refractivity contribution in [3.05, 3.63) is 81.7 Å². The largest absolute Gasteiger partial charge is 0.394 e. The van der Waals surface area contributed by atoms with Crippen molar-refractivity contribution in [1.29, 1.82) is 0 Å². The topological polar surface area (TPSA) is 385 Å². The van der Waals surface area contributed by atoms with Crippen molar-refractivity contribution in [2.75, 3.05) is 13.2 Å². The molecule has 0 amide bonds. The number of nitrogens with zero attached hydrogens (tertiary/aromatic N) is 13. The summed E-state index contributed by atoms with van der Waals surface area (Å²) in [5.74, 6) is 0. The highest BCUT2D eigenvalue weighted by Gasteiger charge is 2.53. The van der Waals surface area contributed by atoms with E-state index in [1.54, 1.807) is 0 Å². The van der Waals surface area contributed by atoms with Crippen molar-refractivity contribution >= 4 is 5.69 Å². The zero-order valence-electron chi connectivity index (χ0n) is 25.1. The molecule has 5 N–H and O–H groups in total. The van der Waals surface area contributed by atoms with Crippen LogP contribution in [-0.4, -0.2) is 129 Å². The van der Waals surface area contributed by atoms with E-state index in [1.165, 1.54) is 24.3 Å². The van der Waals surface area contributed by atoms with Gasteiger partial charge in [0.1, 0.15) is 36.6 Å². The Labute approximate surface area is 274 Å². The predicted molar refractivity (Wildman–Crippen MR) is 157 cm³/mol. The third-order valence-electron chi connectivity index (χ3n) is 8.11. The summed E-state index contributed by atoms with van der Waals surface area (Å²) in [5, 5.41) is 78.8. The summed E-state index contributed by atoms with van der Waals surface area (Å²) in [4.78, 5) is 21.3. The molecule has 0 bridgehead atoms. The summed E-state index contributed by atoms with van der Waals surface area (Å²) in [5.41, 5.74) is 36.2. The third kappa shape index (κ3) is 8.55. The SMILES string of the molecule is [N-]=[N+]=NC[C@@H]1O[C@H](O[C@H]2[C@@H](O)[C@H](O[C@H]3[C@H](O)[C@@H](OCc4cccc([N+](=O)[O-])c4)[C@H](N=[N+]=[N-])C[C@@H]3N=[N+]=[N-])O[C@@H]2CO)[C@H](N=[N+]=[N-])[C@@H](O)[C@@H]1O. The highest BCUT2D eigenvalue weighted by molar-refractivity contribution is 5.33. The number of nitro groups is 1. The Morgan fingerprint density at radius 1 is 0.837 bits per heavy atom. The van der Waals surface area contributed by atoms with Crippen molar-refractivity contribution in [2.24, 2.45) is 20.5 Å². The first-order chi connectivity index (χ1) is 23.6. The van der Waals surface area contributed by atoms with E-state index in [0.29, 0.717) is 5.56 Å². The predicted octanol–water partition coefficient (Wildman–Crippen LogP) is 0.887. The van der Waals surface area contributed by atoms with Crippen LogP contribution in [0.25, 0.3) is 41.8 Å². The van der Waals surface area contributed by atoms with Crippen molar-refractivity contribution in [1.82, 2.24) is 0 Å². The number of nitro benzene ring substituents is 1. The number of azide groups is 4. The molecule has 3 fully saturated rings. The number of non-ortho nitro benzene ring substituents is 1. The van der Waals surface area contributed by atoms with Crippen LogP contribution in [-0.2, 0) is 30.3 Å². The molecule has 4 rings (SSSR count). The molecule has 1 saturated carbocycles. The van der Waals surface area contributed by atoms with Gasteiger partial charge in [0.15, 0.2) is 12.6 Å². The summed E-state index contributed by atoms with van der Waals surface area (Å²) in [6.45, 7) is -1.52. The fourth-order valence-electron chi connectivity index (χ4n) is 5.77. The van der Waals surface area contributed by atoms with Gasteiger partial charge in [-0.1, -0.05) is 32.6 Å². The van der Waals surface area contributed by atoms with Crippen molar-refractivity contribution in [3.63, 3.8) is 0 Å². The second-order valence-electron chi connectivity index (χ2n) is 11.0. The maximum Gasteiger partial charge on any atom is 0.269 e. The van der Waals surface area contributed by atoms with Crippen LogP contribution >= 0.6 is 0 Å². The molecule has 264 valence electrons. The molecule has 25 heteroatoms. The average molecular weight is 694 g/mol. The Morgan fingerprint density at radius 2 is 1.49 bits per heavy atom. The van der Waals surface area contributed by atoms with Gasteiger partial charge < -0.3 is 49.2 Å². The Kier molecular flexibility index (Phi) is 13.1. The lowest BCUT2D eigenvalue weighted by molar-refractivity contribution is -0.385. The summed E-state index contributed by atoms with van der Waals surface area (Å²) in [6.07, 6.45) is -17.5. The smallest absolute Gasteiger partial charge is 0.269 e. The molecule has 0 spiro atoms. The minimum atomic E-state index is -1.79. The maximum absolute atomic E-state index is 11.4. The lowest BCUT2D eigenvalue weighted by Crippen LogP contribution is -2.60. The zero-order valence-corrected chi connectivity index (χ0v) is 25.1. The summed E-state index contributed by atoms with van der Waals surface area (Å²) < 4.78 is 28.7. The molecule has 14 atom stereocenters. The van der Waals surface area contributed by atoms with Crippen LogP contribution in [0.3, 0.4) is 0 Å². The Hall–Kier alpha value is -4.54. The van der Waals surface area contributed by atoms with Gasteiger partial charge >= 0.3 is 0 Å². The van der Waals surface area contributed by atoms with Crippen molar-refractivity contribution < 1.29 is 54.1 Å². The van der Waals surface area contributed by atoms with Gasteiger partial charge in [0.25, 0.3) is 5.69 Å². The molecule has 0 aromatic heterocycles. The number of aliphatic hydroxyl groups is 5. The third-order valence-corrected chi connectivity index (χ3v) is 8.11. The van der Waals surface area contributed by atoms with Gasteiger partial charge in [0.2, 0.25) is 0 Å². The minimum absolute atomic E-state index is 0.210. The Balaban J connectivity index is 1.55. The van der Waals surface area contributed by atoms with Gasteiger partial charge in [-0.05, 0) is 34.1 Å². The van der Waals surface area contributed by atoms with Crippen molar-refractivity contribution in [2.45, 2.75) is 98.7 Å². The molecule has 2 aliphatic heterocycles. The summed E-state index contributed by atoms with van der Waals surface area (Å²) in [7, 11) is 0. The number of aliphatic hydroxyl groups excluding tert-OH is 5. The molecule has 25 nitrogen and oxygen atoms in total. The highest BCUT2D eigenvalue weighted by atomic mass is 16.7. The Morgan fingerprint density at radius 3 is 2.12 bits per heavy atom. The molecule has 2 saturated heterocycles. The van der Waals surface area contributed by atoms with Gasteiger partial charge in [-0.2, -0.15) is 0 Å². The molecule has 3 aliphatic rings. The van der Waals surface area contributed by atoms with Gasteiger partial charge in [0.05, 0.1) is 61.2 Å². The van der Waals surface area contributed by atoms with Gasteiger partial charge in [-0.3, -0.25) is 10.1 Å². The molecule has 1 aliphatic carbocycles. The average Bonchev–Trinajstić information content (AvgIpc) is 3.38. The fraction of sp³-hybridized carbons (Fsp3) is 0.750. The lowest BCUT2D eigenvalue weighted by atomic mass is 9.84. The lowest BCUT2D eigenvalue weighted by Gasteiger charge is -2.42. The first-order valence-corrected chi connectivity index (χ1v) is 14.5. The van der Waals surface area contributed by atoms with E-state index in [4.69, 9.17) is 40.3 Å². The van der Waals surface area contributed by atoms with E-state index in [0.717, 1.165) is 0 Å². The van der Waals surface area contributed by atoms with Crippen LogP contribution in [0.1, 0.15) is 12.0 Å². The maximum atomic E-state index is 11.4. The van der Waals surface area contributed by atoms with Gasteiger partial charge in [-0.15, -0.1) is 0 Å². The first kappa shape index (κ1) is 37.3. The van der Waals surface area contributed by atoms with Crippen LogP contribution in [0.15, 0.2) is 44.7 Å². The van der Waals surface area contributed by atoms with Gasteiger partial charge in [-0.25, -0.2) is 0 Å². The highest BCUT2D eigenvalue weighted by Crippen LogP contribution is 2.36. The number of hydrogen-bond donors (Lipinski definition) is 5. The molecule has 1 aromatic rings. The Bertz CT molecular complexity index is 1520. The minimum Gasteiger partial charge on any atom is -0.394 e. The van der Waals surface area contributed by atoms with Gasteiger partial charge in [0, 0.05) is 31.8 Å². The number of hydrogen-bond acceptors (Lipinski definition) is 16. The van der Waals surface area contributed by atoms with E-state index in [9.17, 15) is 41.2 Å². The van der Waals surface area contributed by atoms with Crippen LogP contribution in [0.5, 0.6) is 0 Å². The first-order valence-electron chi connectivity index (χ1n) is 14.5. The second kappa shape index (κ2) is 17.2. The number of benzene rings is 1. The number of ether oxygens (including phenoxy) is 5. The number of rotatable bonds is 14. The van der Waals surface area contributed by atoms with E-state index in [1.807, 2.05) is 0 Å².